The van der Waals surface area contributed by atoms with Crippen molar-refractivity contribution in [2.24, 2.45) is 0 Å². The van der Waals surface area contributed by atoms with E-state index in [2.05, 4.69) is 35.4 Å². The lowest BCUT2D eigenvalue weighted by Gasteiger charge is -2.17. The first-order valence-electron chi connectivity index (χ1n) is 5.68. The van der Waals surface area contributed by atoms with Gasteiger partial charge in [-0.05, 0) is 36.9 Å². The van der Waals surface area contributed by atoms with E-state index < -0.39 is 0 Å². The van der Waals surface area contributed by atoms with Crippen molar-refractivity contribution in [3.63, 3.8) is 0 Å². The van der Waals surface area contributed by atoms with Crippen LogP contribution >= 0.6 is 11.8 Å². The summed E-state index contributed by atoms with van der Waals surface area (Å²) >= 11 is 1.56. The van der Waals surface area contributed by atoms with Gasteiger partial charge >= 0.3 is 0 Å². The zero-order valence-electron chi connectivity index (χ0n) is 10.0. The molecule has 0 amide bonds. The van der Waals surface area contributed by atoms with Gasteiger partial charge in [0.1, 0.15) is 6.26 Å². The van der Waals surface area contributed by atoms with Gasteiger partial charge in [0.25, 0.3) is 5.22 Å². The van der Waals surface area contributed by atoms with Gasteiger partial charge in [-0.2, -0.15) is 0 Å². The van der Waals surface area contributed by atoms with Crippen molar-refractivity contribution in [3.8, 4) is 0 Å². The molecule has 2 aromatic rings. The average Bonchev–Trinajstić information content (AvgIpc) is 2.86. The van der Waals surface area contributed by atoms with Gasteiger partial charge in [-0.15, -0.1) is 0 Å². The van der Waals surface area contributed by atoms with E-state index in [4.69, 9.17) is 4.42 Å². The maximum Gasteiger partial charge on any atom is 0.260 e. The van der Waals surface area contributed by atoms with Gasteiger partial charge < -0.3 is 9.73 Å². The Balaban J connectivity index is 2.27. The summed E-state index contributed by atoms with van der Waals surface area (Å²) in [5, 5.41) is 4.01. The Bertz CT molecular complexity index is 452. The first kappa shape index (κ1) is 12.2. The van der Waals surface area contributed by atoms with Crippen LogP contribution in [0.3, 0.4) is 0 Å². The molecule has 0 radical (unpaired) electrons. The second kappa shape index (κ2) is 5.89. The van der Waals surface area contributed by atoms with Gasteiger partial charge in [0.15, 0.2) is 0 Å². The maximum absolute atomic E-state index is 5.27. The lowest BCUT2D eigenvalue weighted by atomic mass is 10.1. The zero-order chi connectivity index (χ0) is 12.1. The minimum Gasteiger partial charge on any atom is -0.440 e. The molecular weight excluding hydrogens is 232 g/mol. The molecule has 0 saturated carbocycles. The summed E-state index contributed by atoms with van der Waals surface area (Å²) in [6, 6.07) is 8.72. The van der Waals surface area contributed by atoms with Crippen LogP contribution in [0.15, 0.2) is 51.3 Å². The molecule has 1 heterocycles. The van der Waals surface area contributed by atoms with E-state index >= 15 is 0 Å². The first-order chi connectivity index (χ1) is 8.35. The van der Waals surface area contributed by atoms with Crippen LogP contribution < -0.4 is 5.32 Å². The van der Waals surface area contributed by atoms with Crippen molar-refractivity contribution < 1.29 is 4.42 Å². The molecule has 0 fully saturated rings. The van der Waals surface area contributed by atoms with E-state index in [-0.39, 0.29) is 0 Å². The Labute approximate surface area is 106 Å². The van der Waals surface area contributed by atoms with Gasteiger partial charge in [0, 0.05) is 10.9 Å². The largest absolute Gasteiger partial charge is 0.440 e. The maximum atomic E-state index is 5.27. The number of hydrogen-bond donors (Lipinski definition) is 1. The summed E-state index contributed by atoms with van der Waals surface area (Å²) in [6.45, 7) is 2.17. The topological polar surface area (TPSA) is 38.1 Å². The Hall–Kier alpha value is -1.26. The van der Waals surface area contributed by atoms with Gasteiger partial charge in [0.2, 0.25) is 0 Å². The Morgan fingerprint density at radius 3 is 2.88 bits per heavy atom. The van der Waals surface area contributed by atoms with Crippen LogP contribution in [0, 0.1) is 0 Å². The van der Waals surface area contributed by atoms with Crippen LogP contribution in [-0.4, -0.2) is 12.0 Å². The average molecular weight is 248 g/mol. The SMILES string of the molecule is CCC(NC)c1ccccc1Sc1ncco1. The molecule has 0 spiro atoms. The molecule has 2 rings (SSSR count). The molecule has 1 aromatic carbocycles. The second-order valence-electron chi connectivity index (χ2n) is 3.69. The molecule has 1 unspecified atom stereocenters. The van der Waals surface area contributed by atoms with Crippen LogP contribution in [0.1, 0.15) is 24.9 Å². The number of rotatable bonds is 5. The standard InChI is InChI=1S/C13H16N2OS/c1-3-11(14-2)10-6-4-5-7-12(10)17-13-15-8-9-16-13/h4-9,11,14H,3H2,1-2H3. The number of benzene rings is 1. The number of aromatic nitrogens is 1. The van der Waals surface area contributed by atoms with E-state index in [0.29, 0.717) is 11.3 Å². The van der Waals surface area contributed by atoms with Gasteiger partial charge in [-0.25, -0.2) is 4.98 Å². The van der Waals surface area contributed by atoms with E-state index in [1.807, 2.05) is 13.1 Å². The smallest absolute Gasteiger partial charge is 0.260 e. The molecule has 0 saturated heterocycles. The second-order valence-corrected chi connectivity index (χ2v) is 4.68. The highest BCUT2D eigenvalue weighted by Crippen LogP contribution is 2.33. The monoisotopic (exact) mass is 248 g/mol. The third-order valence-electron chi connectivity index (χ3n) is 2.66. The molecule has 1 aromatic heterocycles. The van der Waals surface area contributed by atoms with Crippen molar-refractivity contribution in [2.75, 3.05) is 7.05 Å². The molecular formula is C13H16N2OS. The van der Waals surface area contributed by atoms with E-state index in [9.17, 15) is 0 Å². The summed E-state index contributed by atoms with van der Waals surface area (Å²) in [5.41, 5.74) is 1.29. The van der Waals surface area contributed by atoms with Crippen LogP contribution in [-0.2, 0) is 0 Å². The molecule has 0 bridgehead atoms. The fourth-order valence-electron chi connectivity index (χ4n) is 1.80. The molecule has 17 heavy (non-hydrogen) atoms. The van der Waals surface area contributed by atoms with Crippen LogP contribution in [0.25, 0.3) is 0 Å². The number of nitrogens with zero attached hydrogens (tertiary/aromatic N) is 1. The van der Waals surface area contributed by atoms with E-state index in [1.54, 1.807) is 24.2 Å². The molecule has 0 aliphatic carbocycles. The highest BCUT2D eigenvalue weighted by atomic mass is 32.2. The predicted octanol–water partition coefficient (Wildman–Crippen LogP) is 3.50. The van der Waals surface area contributed by atoms with E-state index in [0.717, 1.165) is 6.42 Å². The van der Waals surface area contributed by atoms with Crippen LogP contribution in [0.5, 0.6) is 0 Å². The summed E-state index contributed by atoms with van der Waals surface area (Å²) in [4.78, 5) is 5.33. The minimum atomic E-state index is 0.369. The number of nitrogens with one attached hydrogen (secondary N) is 1. The number of oxazole rings is 1. The number of hydrogen-bond acceptors (Lipinski definition) is 4. The van der Waals surface area contributed by atoms with Crippen LogP contribution in [0.2, 0.25) is 0 Å². The lowest BCUT2D eigenvalue weighted by Crippen LogP contribution is -2.15. The highest BCUT2D eigenvalue weighted by Gasteiger charge is 2.13. The predicted molar refractivity (Wildman–Crippen MR) is 69.2 cm³/mol. The Morgan fingerprint density at radius 1 is 1.41 bits per heavy atom. The first-order valence-corrected chi connectivity index (χ1v) is 6.50. The molecule has 90 valence electrons. The fourth-order valence-corrected chi connectivity index (χ4v) is 2.68. The summed E-state index contributed by atoms with van der Waals surface area (Å²) in [7, 11) is 1.99. The summed E-state index contributed by atoms with van der Waals surface area (Å²) in [6.07, 6.45) is 4.32. The normalized spacial score (nSPS) is 12.6. The molecule has 3 nitrogen and oxygen atoms in total. The fraction of sp³-hybridized carbons (Fsp3) is 0.308. The zero-order valence-corrected chi connectivity index (χ0v) is 10.8. The Kier molecular flexibility index (Phi) is 4.23. The van der Waals surface area contributed by atoms with E-state index in [1.165, 1.54) is 10.5 Å². The van der Waals surface area contributed by atoms with Crippen molar-refractivity contribution in [2.45, 2.75) is 29.5 Å². The quantitative estimate of drug-likeness (QED) is 0.879. The third kappa shape index (κ3) is 2.90. The summed E-state index contributed by atoms with van der Waals surface area (Å²) in [5.74, 6) is 0. The van der Waals surface area contributed by atoms with Gasteiger partial charge in [0.05, 0.1) is 6.20 Å². The molecule has 4 heteroatoms. The van der Waals surface area contributed by atoms with Gasteiger partial charge in [-0.3, -0.25) is 0 Å². The lowest BCUT2D eigenvalue weighted by molar-refractivity contribution is 0.454. The van der Waals surface area contributed by atoms with Crippen molar-refractivity contribution in [1.29, 1.82) is 0 Å². The van der Waals surface area contributed by atoms with Crippen LogP contribution in [0.4, 0.5) is 0 Å². The molecule has 0 aliphatic rings. The third-order valence-corrected chi connectivity index (χ3v) is 3.63. The van der Waals surface area contributed by atoms with Crippen molar-refractivity contribution in [3.05, 3.63) is 42.3 Å². The van der Waals surface area contributed by atoms with Crippen molar-refractivity contribution >= 4 is 11.8 Å². The minimum absolute atomic E-state index is 0.369. The molecule has 1 N–H and O–H groups in total. The summed E-state index contributed by atoms with van der Waals surface area (Å²) < 4.78 is 5.27. The van der Waals surface area contributed by atoms with Crippen molar-refractivity contribution in [1.82, 2.24) is 10.3 Å². The molecule has 1 atom stereocenters. The molecule has 0 aliphatic heterocycles. The highest BCUT2D eigenvalue weighted by molar-refractivity contribution is 7.99. The van der Waals surface area contributed by atoms with Gasteiger partial charge in [-0.1, -0.05) is 25.1 Å². The Morgan fingerprint density at radius 2 is 2.24 bits per heavy atom.